The Bertz CT molecular complexity index is 1180. The molecule has 4 N–H and O–H groups in total. The number of rotatable bonds is 6. The van der Waals surface area contributed by atoms with Crippen molar-refractivity contribution < 1.29 is 27.5 Å². The van der Waals surface area contributed by atoms with Gasteiger partial charge in [-0.25, -0.2) is 18.4 Å². The van der Waals surface area contributed by atoms with E-state index in [0.29, 0.717) is 16.9 Å². The summed E-state index contributed by atoms with van der Waals surface area (Å²) in [6.07, 6.45) is 1.19. The Hall–Kier alpha value is -3.69. The van der Waals surface area contributed by atoms with E-state index in [2.05, 4.69) is 5.32 Å². The molecule has 0 aliphatic carbocycles. The average molecular weight is 412 g/mol. The van der Waals surface area contributed by atoms with Crippen molar-refractivity contribution in [1.29, 1.82) is 0 Å². The summed E-state index contributed by atoms with van der Waals surface area (Å²) in [6.45, 7) is 0. The van der Waals surface area contributed by atoms with Crippen LogP contribution >= 0.6 is 0 Å². The van der Waals surface area contributed by atoms with Gasteiger partial charge >= 0.3 is 5.97 Å². The van der Waals surface area contributed by atoms with Crippen LogP contribution in [-0.2, 0) is 14.8 Å². The molecule has 8 nitrogen and oxygen atoms in total. The number of nitrogens with one attached hydrogen (secondary N) is 1. The molecule has 0 radical (unpaired) electrons. The van der Waals surface area contributed by atoms with Gasteiger partial charge in [-0.1, -0.05) is 18.2 Å². The third kappa shape index (κ3) is 4.98. The van der Waals surface area contributed by atoms with E-state index in [9.17, 15) is 23.1 Å². The largest absolute Gasteiger partial charge is 0.477 e. The highest BCUT2D eigenvalue weighted by molar-refractivity contribution is 7.89. The second-order valence-corrected chi connectivity index (χ2v) is 7.52. The number of carbonyl (C=O) groups excluding carboxylic acids is 1. The standard InChI is InChI=1S/C20H16N2O6S/c21-29(26,27)16-9-6-13(7-10-16)18-11-8-15(28-18)12-17(20(24)25)22-19(23)14-4-2-1-3-5-14/h1-12H,(H,22,23)(H,24,25)(H2,21,26,27)/b17-12+. The van der Waals surface area contributed by atoms with Crippen molar-refractivity contribution in [1.82, 2.24) is 5.32 Å². The van der Waals surface area contributed by atoms with Gasteiger partial charge in [-0.15, -0.1) is 0 Å². The number of primary sulfonamides is 1. The van der Waals surface area contributed by atoms with Crippen LogP contribution in [0.15, 0.2) is 81.7 Å². The number of furan rings is 1. The zero-order valence-electron chi connectivity index (χ0n) is 14.9. The number of carbonyl (C=O) groups is 2. The second-order valence-electron chi connectivity index (χ2n) is 5.95. The van der Waals surface area contributed by atoms with Gasteiger partial charge in [0.2, 0.25) is 10.0 Å². The fraction of sp³-hybridized carbons (Fsp3) is 0. The van der Waals surface area contributed by atoms with Gasteiger partial charge in [-0.2, -0.15) is 0 Å². The molecule has 0 saturated heterocycles. The Morgan fingerprint density at radius 2 is 1.62 bits per heavy atom. The number of aliphatic carboxylic acids is 1. The van der Waals surface area contributed by atoms with E-state index in [1.807, 2.05) is 0 Å². The van der Waals surface area contributed by atoms with Crippen LogP contribution in [-0.4, -0.2) is 25.4 Å². The van der Waals surface area contributed by atoms with Gasteiger partial charge in [0, 0.05) is 17.2 Å². The molecule has 0 unspecified atom stereocenters. The van der Waals surface area contributed by atoms with Crippen LogP contribution in [0.1, 0.15) is 16.1 Å². The van der Waals surface area contributed by atoms with Crippen molar-refractivity contribution in [3.05, 3.63) is 83.8 Å². The predicted molar refractivity (Wildman–Crippen MR) is 105 cm³/mol. The number of amides is 1. The van der Waals surface area contributed by atoms with Crippen molar-refractivity contribution in [2.24, 2.45) is 5.14 Å². The van der Waals surface area contributed by atoms with Crippen LogP contribution in [0.25, 0.3) is 17.4 Å². The lowest BCUT2D eigenvalue weighted by Crippen LogP contribution is -2.27. The Labute approximate surface area is 166 Å². The van der Waals surface area contributed by atoms with E-state index in [4.69, 9.17) is 9.56 Å². The highest BCUT2D eigenvalue weighted by atomic mass is 32.2. The first kappa shape index (κ1) is 20.1. The fourth-order valence-electron chi connectivity index (χ4n) is 2.47. The lowest BCUT2D eigenvalue weighted by atomic mass is 10.2. The first-order chi connectivity index (χ1) is 13.7. The number of carboxylic acids is 1. The SMILES string of the molecule is NS(=O)(=O)c1ccc(-c2ccc(/C=C(/NC(=O)c3ccccc3)C(=O)O)o2)cc1. The van der Waals surface area contributed by atoms with Gasteiger partial charge in [0.15, 0.2) is 0 Å². The quantitative estimate of drug-likeness (QED) is 0.531. The van der Waals surface area contributed by atoms with Crippen LogP contribution in [0.2, 0.25) is 0 Å². The normalized spacial score (nSPS) is 11.8. The molecule has 0 fully saturated rings. The predicted octanol–water partition coefficient (Wildman–Crippen LogP) is 2.45. The number of benzene rings is 2. The second kappa shape index (κ2) is 8.13. The minimum absolute atomic E-state index is 0.0373. The van der Waals surface area contributed by atoms with Gasteiger partial charge in [0.25, 0.3) is 5.91 Å². The Kier molecular flexibility index (Phi) is 5.62. The summed E-state index contributed by atoms with van der Waals surface area (Å²) in [5.41, 5.74) is 0.529. The molecule has 1 amide bonds. The maximum atomic E-state index is 12.2. The summed E-state index contributed by atoms with van der Waals surface area (Å²) in [7, 11) is -3.80. The molecule has 0 spiro atoms. The van der Waals surface area contributed by atoms with Gasteiger partial charge in [-0.3, -0.25) is 4.79 Å². The molecular formula is C20H16N2O6S. The van der Waals surface area contributed by atoms with E-state index in [1.54, 1.807) is 36.4 Å². The third-order valence-electron chi connectivity index (χ3n) is 3.90. The summed E-state index contributed by atoms with van der Waals surface area (Å²) in [6, 6.07) is 17.0. The van der Waals surface area contributed by atoms with E-state index >= 15 is 0 Å². The van der Waals surface area contributed by atoms with E-state index in [0.717, 1.165) is 0 Å². The smallest absolute Gasteiger partial charge is 0.352 e. The average Bonchev–Trinajstić information content (AvgIpc) is 3.16. The Morgan fingerprint density at radius 3 is 2.21 bits per heavy atom. The highest BCUT2D eigenvalue weighted by Crippen LogP contribution is 2.24. The minimum atomic E-state index is -3.80. The summed E-state index contributed by atoms with van der Waals surface area (Å²) in [4.78, 5) is 23.6. The monoisotopic (exact) mass is 412 g/mol. The zero-order chi connectivity index (χ0) is 21.0. The van der Waals surface area contributed by atoms with Gasteiger partial charge in [-0.05, 0) is 48.5 Å². The summed E-state index contributed by atoms with van der Waals surface area (Å²) in [5, 5.41) is 16.8. The van der Waals surface area contributed by atoms with E-state index < -0.39 is 21.9 Å². The molecule has 1 aromatic heterocycles. The van der Waals surface area contributed by atoms with Crippen molar-refractivity contribution in [3.63, 3.8) is 0 Å². The first-order valence-corrected chi connectivity index (χ1v) is 9.83. The molecular weight excluding hydrogens is 396 g/mol. The molecule has 0 atom stereocenters. The fourth-order valence-corrected chi connectivity index (χ4v) is 2.99. The van der Waals surface area contributed by atoms with Crippen molar-refractivity contribution in [2.45, 2.75) is 4.90 Å². The van der Waals surface area contributed by atoms with Crippen molar-refractivity contribution in [2.75, 3.05) is 0 Å². The molecule has 3 rings (SSSR count). The van der Waals surface area contributed by atoms with Crippen LogP contribution < -0.4 is 10.5 Å². The van der Waals surface area contributed by atoms with Crippen LogP contribution in [0, 0.1) is 0 Å². The lowest BCUT2D eigenvalue weighted by Gasteiger charge is -2.05. The summed E-state index contributed by atoms with van der Waals surface area (Å²) >= 11 is 0. The van der Waals surface area contributed by atoms with Gasteiger partial charge in [0.1, 0.15) is 17.2 Å². The Balaban J connectivity index is 1.83. The lowest BCUT2D eigenvalue weighted by molar-refractivity contribution is -0.132. The maximum absolute atomic E-state index is 12.2. The maximum Gasteiger partial charge on any atom is 0.352 e. The van der Waals surface area contributed by atoms with E-state index in [-0.39, 0.29) is 16.4 Å². The highest BCUT2D eigenvalue weighted by Gasteiger charge is 2.15. The van der Waals surface area contributed by atoms with Crippen LogP contribution in [0.3, 0.4) is 0 Å². The van der Waals surface area contributed by atoms with Crippen molar-refractivity contribution >= 4 is 28.0 Å². The molecule has 148 valence electrons. The summed E-state index contributed by atoms with van der Waals surface area (Å²) in [5.74, 6) is -1.31. The van der Waals surface area contributed by atoms with Gasteiger partial charge in [0.05, 0.1) is 4.90 Å². The molecule has 0 saturated carbocycles. The topological polar surface area (TPSA) is 140 Å². The molecule has 0 aliphatic heterocycles. The number of hydrogen-bond donors (Lipinski definition) is 3. The number of nitrogens with two attached hydrogens (primary N) is 1. The molecule has 3 aromatic rings. The number of sulfonamides is 1. The van der Waals surface area contributed by atoms with Gasteiger partial charge < -0.3 is 14.8 Å². The number of carboxylic acid groups (broad SMARTS) is 1. The molecule has 9 heteroatoms. The Morgan fingerprint density at radius 1 is 0.966 bits per heavy atom. The number of hydrogen-bond acceptors (Lipinski definition) is 5. The molecule has 29 heavy (non-hydrogen) atoms. The minimum Gasteiger partial charge on any atom is -0.477 e. The third-order valence-corrected chi connectivity index (χ3v) is 4.82. The molecule has 0 bridgehead atoms. The first-order valence-electron chi connectivity index (χ1n) is 8.28. The van der Waals surface area contributed by atoms with Crippen LogP contribution in [0.4, 0.5) is 0 Å². The van der Waals surface area contributed by atoms with E-state index in [1.165, 1.54) is 36.4 Å². The van der Waals surface area contributed by atoms with Crippen molar-refractivity contribution in [3.8, 4) is 11.3 Å². The summed E-state index contributed by atoms with van der Waals surface area (Å²) < 4.78 is 28.2. The van der Waals surface area contributed by atoms with Crippen LogP contribution in [0.5, 0.6) is 0 Å². The zero-order valence-corrected chi connectivity index (χ0v) is 15.7. The molecule has 0 aliphatic rings. The molecule has 2 aromatic carbocycles. The molecule has 1 heterocycles.